The van der Waals surface area contributed by atoms with Gasteiger partial charge in [0.2, 0.25) is 5.95 Å². The number of benzene rings is 1. The van der Waals surface area contributed by atoms with Crippen LogP contribution < -0.4 is 17.0 Å². The van der Waals surface area contributed by atoms with Crippen molar-refractivity contribution < 1.29 is 0 Å². The molecule has 2 rings (SSSR count). The summed E-state index contributed by atoms with van der Waals surface area (Å²) < 4.78 is 0. The molecule has 0 saturated heterocycles. The number of hydrogen-bond acceptors (Lipinski definition) is 6. The number of hydrogen-bond donors (Lipinski definition) is 3. The van der Waals surface area contributed by atoms with E-state index in [1.54, 1.807) is 6.07 Å². The number of aryl methyl sites for hydroxylation is 1. The summed E-state index contributed by atoms with van der Waals surface area (Å²) in [4.78, 5) is 9.15. The number of rotatable bonds is 3. The van der Waals surface area contributed by atoms with Crippen molar-refractivity contribution in [1.29, 1.82) is 0 Å². The van der Waals surface area contributed by atoms with E-state index in [1.807, 2.05) is 19.1 Å². The molecule has 0 aliphatic carbocycles. The zero-order valence-electron chi connectivity index (χ0n) is 9.34. The molecule has 0 unspecified atom stereocenters. The zero-order chi connectivity index (χ0) is 12.3. The van der Waals surface area contributed by atoms with Crippen LogP contribution in [0.25, 0.3) is 0 Å². The summed E-state index contributed by atoms with van der Waals surface area (Å²) >= 11 is 1.51. The van der Waals surface area contributed by atoms with E-state index in [-0.39, 0.29) is 5.95 Å². The summed E-state index contributed by atoms with van der Waals surface area (Å²) in [6.07, 6.45) is 0. The average Bonchev–Trinajstić information content (AvgIpc) is 2.31. The number of hydrazine groups is 1. The predicted molar refractivity (Wildman–Crippen MR) is 69.6 cm³/mol. The normalized spacial score (nSPS) is 10.2. The Morgan fingerprint density at radius 2 is 1.88 bits per heavy atom. The van der Waals surface area contributed by atoms with Crippen molar-refractivity contribution in [2.45, 2.75) is 16.8 Å². The first-order valence-electron chi connectivity index (χ1n) is 5.03. The number of nitrogens with zero attached hydrogens (tertiary/aromatic N) is 2. The van der Waals surface area contributed by atoms with Crippen molar-refractivity contribution in [2.75, 3.05) is 11.2 Å². The van der Waals surface area contributed by atoms with Crippen LogP contribution in [0.2, 0.25) is 0 Å². The number of aromatic nitrogens is 2. The van der Waals surface area contributed by atoms with E-state index >= 15 is 0 Å². The molecule has 0 aliphatic heterocycles. The Morgan fingerprint density at radius 3 is 2.53 bits per heavy atom. The molecule has 0 saturated carbocycles. The Kier molecular flexibility index (Phi) is 3.46. The van der Waals surface area contributed by atoms with Gasteiger partial charge in [-0.1, -0.05) is 29.5 Å². The van der Waals surface area contributed by atoms with Gasteiger partial charge in [-0.05, 0) is 19.1 Å². The Balaban J connectivity index is 2.23. The first kappa shape index (κ1) is 11.7. The third-order valence-corrected chi connectivity index (χ3v) is 3.04. The fraction of sp³-hybridized carbons (Fsp3) is 0.0909. The molecule has 0 fully saturated rings. The van der Waals surface area contributed by atoms with Crippen LogP contribution in [-0.4, -0.2) is 9.97 Å². The minimum Gasteiger partial charge on any atom is -0.368 e. The molecule has 0 bridgehead atoms. The molecule has 88 valence electrons. The van der Waals surface area contributed by atoms with Gasteiger partial charge in [-0.2, -0.15) is 4.98 Å². The molecule has 5 nitrogen and oxygen atoms in total. The number of anilines is 2. The maximum absolute atomic E-state index is 5.58. The van der Waals surface area contributed by atoms with Crippen LogP contribution in [0.5, 0.6) is 0 Å². The molecule has 0 spiro atoms. The lowest BCUT2D eigenvalue weighted by atomic mass is 10.2. The largest absolute Gasteiger partial charge is 0.368 e. The third-order valence-electron chi connectivity index (χ3n) is 2.11. The summed E-state index contributed by atoms with van der Waals surface area (Å²) in [7, 11) is 0. The second kappa shape index (κ2) is 5.03. The van der Waals surface area contributed by atoms with E-state index in [0.717, 1.165) is 9.92 Å². The van der Waals surface area contributed by atoms with E-state index < -0.39 is 0 Å². The summed E-state index contributed by atoms with van der Waals surface area (Å²) in [6, 6.07) is 9.92. The smallest absolute Gasteiger partial charge is 0.223 e. The molecule has 6 heteroatoms. The standard InChI is InChI=1S/C11H13N5S/c1-7-2-4-8(5-3-7)17-10-6-9(16-13)14-11(12)15-10/h2-6H,13H2,1H3,(H3,12,14,15,16). The first-order valence-corrected chi connectivity index (χ1v) is 5.85. The zero-order valence-corrected chi connectivity index (χ0v) is 10.2. The van der Waals surface area contributed by atoms with Crippen LogP contribution >= 0.6 is 11.8 Å². The van der Waals surface area contributed by atoms with Crippen LogP contribution in [0.1, 0.15) is 5.56 Å². The molecule has 0 radical (unpaired) electrons. The van der Waals surface area contributed by atoms with Gasteiger partial charge >= 0.3 is 0 Å². The molecule has 0 atom stereocenters. The van der Waals surface area contributed by atoms with E-state index in [9.17, 15) is 0 Å². The Morgan fingerprint density at radius 1 is 1.18 bits per heavy atom. The molecule has 0 amide bonds. The van der Waals surface area contributed by atoms with E-state index in [2.05, 4.69) is 27.5 Å². The van der Waals surface area contributed by atoms with Crippen LogP contribution in [-0.2, 0) is 0 Å². The third kappa shape index (κ3) is 3.08. The SMILES string of the molecule is Cc1ccc(Sc2cc(NN)nc(N)n2)cc1. The van der Waals surface area contributed by atoms with Gasteiger partial charge in [0.15, 0.2) is 0 Å². The van der Waals surface area contributed by atoms with E-state index in [1.165, 1.54) is 17.3 Å². The van der Waals surface area contributed by atoms with Crippen LogP contribution in [0, 0.1) is 6.92 Å². The van der Waals surface area contributed by atoms with E-state index in [0.29, 0.717) is 5.82 Å². The minimum absolute atomic E-state index is 0.204. The summed E-state index contributed by atoms with van der Waals surface area (Å²) in [5.74, 6) is 6.01. The Bertz CT molecular complexity index is 512. The van der Waals surface area contributed by atoms with Gasteiger partial charge in [0.05, 0.1) is 0 Å². The van der Waals surface area contributed by atoms with Crippen molar-refractivity contribution >= 4 is 23.5 Å². The lowest BCUT2D eigenvalue weighted by Crippen LogP contribution is -2.10. The van der Waals surface area contributed by atoms with Gasteiger partial charge in [-0.15, -0.1) is 0 Å². The summed E-state index contributed by atoms with van der Waals surface area (Å²) in [6.45, 7) is 2.05. The highest BCUT2D eigenvalue weighted by molar-refractivity contribution is 7.99. The van der Waals surface area contributed by atoms with Gasteiger partial charge in [0, 0.05) is 11.0 Å². The second-order valence-electron chi connectivity index (χ2n) is 3.51. The maximum atomic E-state index is 5.58. The molecule has 2 aromatic rings. The van der Waals surface area contributed by atoms with Crippen LogP contribution in [0.3, 0.4) is 0 Å². The maximum Gasteiger partial charge on any atom is 0.223 e. The molecule has 1 heterocycles. The monoisotopic (exact) mass is 247 g/mol. The molecule has 0 aliphatic rings. The van der Waals surface area contributed by atoms with Gasteiger partial charge < -0.3 is 11.2 Å². The highest BCUT2D eigenvalue weighted by Crippen LogP contribution is 2.27. The van der Waals surface area contributed by atoms with Gasteiger partial charge in [-0.3, -0.25) is 0 Å². The van der Waals surface area contributed by atoms with Crippen molar-refractivity contribution in [1.82, 2.24) is 9.97 Å². The molecule has 1 aromatic heterocycles. The van der Waals surface area contributed by atoms with Crippen molar-refractivity contribution in [3.63, 3.8) is 0 Å². The molecule has 1 aromatic carbocycles. The van der Waals surface area contributed by atoms with Crippen molar-refractivity contribution in [3.8, 4) is 0 Å². The lowest BCUT2D eigenvalue weighted by Gasteiger charge is -2.05. The predicted octanol–water partition coefficient (Wildman–Crippen LogP) is 1.80. The highest BCUT2D eigenvalue weighted by Gasteiger charge is 2.03. The van der Waals surface area contributed by atoms with Crippen molar-refractivity contribution in [2.24, 2.45) is 5.84 Å². The number of nitrogen functional groups attached to an aromatic ring is 2. The molecular formula is C11H13N5S. The topological polar surface area (TPSA) is 89.8 Å². The summed E-state index contributed by atoms with van der Waals surface area (Å²) in [5.41, 5.74) is 9.26. The van der Waals surface area contributed by atoms with Gasteiger partial charge in [0.1, 0.15) is 10.8 Å². The summed E-state index contributed by atoms with van der Waals surface area (Å²) in [5, 5.41) is 0.759. The van der Waals surface area contributed by atoms with Crippen LogP contribution in [0.15, 0.2) is 40.3 Å². The molecule has 17 heavy (non-hydrogen) atoms. The van der Waals surface area contributed by atoms with Gasteiger partial charge in [-0.25, -0.2) is 10.8 Å². The number of nitrogens with two attached hydrogens (primary N) is 2. The number of nitrogens with one attached hydrogen (secondary N) is 1. The lowest BCUT2D eigenvalue weighted by molar-refractivity contribution is 1.05. The van der Waals surface area contributed by atoms with Crippen LogP contribution in [0.4, 0.5) is 11.8 Å². The second-order valence-corrected chi connectivity index (χ2v) is 4.60. The van der Waals surface area contributed by atoms with Gasteiger partial charge in [0.25, 0.3) is 0 Å². The quantitative estimate of drug-likeness (QED) is 0.435. The first-order chi connectivity index (χ1) is 8.17. The molecular weight excluding hydrogens is 234 g/mol. The minimum atomic E-state index is 0.204. The highest BCUT2D eigenvalue weighted by atomic mass is 32.2. The average molecular weight is 247 g/mol. The van der Waals surface area contributed by atoms with E-state index in [4.69, 9.17) is 11.6 Å². The fourth-order valence-corrected chi connectivity index (χ4v) is 2.12. The fourth-order valence-electron chi connectivity index (χ4n) is 1.30. The molecule has 5 N–H and O–H groups in total. The Hall–Kier alpha value is -1.79. The Labute approximate surface area is 104 Å². The van der Waals surface area contributed by atoms with Crippen molar-refractivity contribution in [3.05, 3.63) is 35.9 Å².